The molecule has 0 unspecified atom stereocenters. The van der Waals surface area contributed by atoms with Crippen molar-refractivity contribution in [1.82, 2.24) is 4.90 Å². The summed E-state index contributed by atoms with van der Waals surface area (Å²) in [7, 11) is 0. The van der Waals surface area contributed by atoms with Crippen molar-refractivity contribution >= 4 is 11.6 Å². The van der Waals surface area contributed by atoms with E-state index in [2.05, 4.69) is 10.2 Å². The zero-order valence-electron chi connectivity index (χ0n) is 12.8. The molecule has 2 bridgehead atoms. The predicted octanol–water partition coefficient (Wildman–Crippen LogP) is 3.13. The number of fused-ring (bicyclic) bond motifs is 2. The number of carbonyl (C=O) groups excluding carboxylic acids is 1. The van der Waals surface area contributed by atoms with Gasteiger partial charge in [0.2, 0.25) is 5.91 Å². The molecule has 118 valence electrons. The van der Waals surface area contributed by atoms with Gasteiger partial charge in [-0.05, 0) is 61.6 Å². The van der Waals surface area contributed by atoms with Crippen molar-refractivity contribution in [3.63, 3.8) is 0 Å². The molecule has 3 nitrogen and oxygen atoms in total. The maximum Gasteiger partial charge on any atom is 0.228 e. The van der Waals surface area contributed by atoms with Gasteiger partial charge in [-0.25, -0.2) is 4.39 Å². The Kier molecular flexibility index (Phi) is 3.65. The summed E-state index contributed by atoms with van der Waals surface area (Å²) in [5, 5.41) is 2.92. The summed E-state index contributed by atoms with van der Waals surface area (Å²) in [6.07, 6.45) is 5.09. The van der Waals surface area contributed by atoms with E-state index in [9.17, 15) is 9.18 Å². The van der Waals surface area contributed by atoms with E-state index in [0.29, 0.717) is 17.5 Å². The summed E-state index contributed by atoms with van der Waals surface area (Å²) in [5.41, 5.74) is 0.574. The molecule has 2 atom stereocenters. The van der Waals surface area contributed by atoms with Crippen LogP contribution in [0, 0.1) is 29.5 Å². The molecule has 1 N–H and O–H groups in total. The van der Waals surface area contributed by atoms with E-state index >= 15 is 0 Å². The fraction of sp³-hybridized carbons (Fsp3) is 0.611. The van der Waals surface area contributed by atoms with Crippen molar-refractivity contribution in [2.24, 2.45) is 23.7 Å². The Morgan fingerprint density at radius 2 is 1.91 bits per heavy atom. The molecule has 1 aliphatic heterocycles. The standard InChI is InChI=1S/C18H23FN2O/c19-15-2-1-3-16(8-15)20-18(22)17-13-6-7-14(17)11-21(10-13)9-12-4-5-12/h1-3,8,12-14,17H,4-7,9-11H2,(H,20,22)/t13-,14-/m0/s1. The maximum absolute atomic E-state index is 13.2. The Balaban J connectivity index is 1.41. The summed E-state index contributed by atoms with van der Waals surface area (Å²) in [4.78, 5) is 15.2. The quantitative estimate of drug-likeness (QED) is 0.927. The van der Waals surface area contributed by atoms with Crippen LogP contribution in [0.1, 0.15) is 25.7 Å². The number of anilines is 1. The van der Waals surface area contributed by atoms with E-state index in [4.69, 9.17) is 0 Å². The minimum atomic E-state index is -0.306. The normalized spacial score (nSPS) is 31.2. The lowest BCUT2D eigenvalue weighted by molar-refractivity contribution is -0.124. The number of piperidine rings is 1. The van der Waals surface area contributed by atoms with Crippen molar-refractivity contribution in [3.8, 4) is 0 Å². The molecular formula is C18H23FN2O. The van der Waals surface area contributed by atoms with Crippen LogP contribution in [0.4, 0.5) is 10.1 Å². The molecule has 3 fully saturated rings. The lowest BCUT2D eigenvalue weighted by Gasteiger charge is -2.37. The van der Waals surface area contributed by atoms with Gasteiger partial charge in [0.25, 0.3) is 0 Å². The molecular weight excluding hydrogens is 279 g/mol. The summed E-state index contributed by atoms with van der Waals surface area (Å²) in [6.45, 7) is 3.35. The Labute approximate surface area is 130 Å². The number of rotatable bonds is 4. The molecule has 0 radical (unpaired) electrons. The van der Waals surface area contributed by atoms with Crippen LogP contribution in [0.5, 0.6) is 0 Å². The Hall–Kier alpha value is -1.42. The monoisotopic (exact) mass is 302 g/mol. The first-order valence-electron chi connectivity index (χ1n) is 8.48. The molecule has 4 rings (SSSR count). The highest BCUT2D eigenvalue weighted by atomic mass is 19.1. The Morgan fingerprint density at radius 1 is 1.18 bits per heavy atom. The maximum atomic E-state index is 13.2. The number of halogens is 1. The van der Waals surface area contributed by atoms with Gasteiger partial charge in [0, 0.05) is 31.2 Å². The van der Waals surface area contributed by atoms with Crippen molar-refractivity contribution < 1.29 is 9.18 Å². The van der Waals surface area contributed by atoms with Gasteiger partial charge in [-0.15, -0.1) is 0 Å². The van der Waals surface area contributed by atoms with E-state index in [1.165, 1.54) is 31.5 Å². The Morgan fingerprint density at radius 3 is 2.55 bits per heavy atom. The number of hydrogen-bond donors (Lipinski definition) is 1. The summed E-state index contributed by atoms with van der Waals surface area (Å²) < 4.78 is 13.2. The molecule has 2 saturated carbocycles. The lowest BCUT2D eigenvalue weighted by Crippen LogP contribution is -2.46. The number of hydrogen-bond acceptors (Lipinski definition) is 2. The van der Waals surface area contributed by atoms with Crippen molar-refractivity contribution in [2.45, 2.75) is 25.7 Å². The third-order valence-corrected chi connectivity index (χ3v) is 5.52. The van der Waals surface area contributed by atoms with E-state index in [1.54, 1.807) is 12.1 Å². The molecule has 22 heavy (non-hydrogen) atoms. The highest BCUT2D eigenvalue weighted by Gasteiger charge is 2.46. The van der Waals surface area contributed by atoms with Crippen LogP contribution in [0.15, 0.2) is 24.3 Å². The molecule has 0 aromatic heterocycles. The smallest absolute Gasteiger partial charge is 0.228 e. The van der Waals surface area contributed by atoms with E-state index in [0.717, 1.165) is 31.8 Å². The first-order valence-corrected chi connectivity index (χ1v) is 8.48. The third kappa shape index (κ3) is 2.89. The zero-order chi connectivity index (χ0) is 15.1. The molecule has 3 aliphatic rings. The van der Waals surface area contributed by atoms with Gasteiger partial charge >= 0.3 is 0 Å². The first-order chi connectivity index (χ1) is 10.7. The van der Waals surface area contributed by atoms with Crippen LogP contribution in [0.2, 0.25) is 0 Å². The second kappa shape index (κ2) is 5.65. The van der Waals surface area contributed by atoms with Gasteiger partial charge in [-0.1, -0.05) is 6.07 Å². The average Bonchev–Trinajstić information content (AvgIpc) is 3.24. The van der Waals surface area contributed by atoms with Crippen molar-refractivity contribution in [3.05, 3.63) is 30.1 Å². The van der Waals surface area contributed by atoms with Crippen LogP contribution in [-0.2, 0) is 4.79 Å². The minimum Gasteiger partial charge on any atom is -0.326 e. The van der Waals surface area contributed by atoms with Crippen LogP contribution in [0.25, 0.3) is 0 Å². The topological polar surface area (TPSA) is 32.3 Å². The molecule has 1 aromatic rings. The van der Waals surface area contributed by atoms with Gasteiger partial charge in [-0.2, -0.15) is 0 Å². The van der Waals surface area contributed by atoms with E-state index < -0.39 is 0 Å². The first kappa shape index (κ1) is 14.2. The number of amides is 1. The lowest BCUT2D eigenvalue weighted by atomic mass is 9.84. The molecule has 1 amide bonds. The Bertz CT molecular complexity index is 558. The largest absolute Gasteiger partial charge is 0.326 e. The number of benzene rings is 1. The summed E-state index contributed by atoms with van der Waals surface area (Å²) in [5.74, 6) is 1.76. The van der Waals surface area contributed by atoms with Gasteiger partial charge in [0.1, 0.15) is 5.82 Å². The van der Waals surface area contributed by atoms with Gasteiger partial charge in [0.05, 0.1) is 0 Å². The van der Waals surface area contributed by atoms with Gasteiger partial charge < -0.3 is 10.2 Å². The fourth-order valence-corrected chi connectivity index (χ4v) is 4.35. The van der Waals surface area contributed by atoms with E-state index in [1.807, 2.05) is 0 Å². The van der Waals surface area contributed by atoms with Crippen LogP contribution < -0.4 is 5.32 Å². The number of likely N-dealkylation sites (tertiary alicyclic amines) is 1. The molecule has 1 saturated heterocycles. The van der Waals surface area contributed by atoms with Crippen LogP contribution in [0.3, 0.4) is 0 Å². The summed E-state index contributed by atoms with van der Waals surface area (Å²) in [6, 6.07) is 6.18. The van der Waals surface area contributed by atoms with Crippen molar-refractivity contribution in [1.29, 1.82) is 0 Å². The highest BCUT2D eigenvalue weighted by Crippen LogP contribution is 2.43. The predicted molar refractivity (Wildman–Crippen MR) is 83.9 cm³/mol. The highest BCUT2D eigenvalue weighted by molar-refractivity contribution is 5.93. The minimum absolute atomic E-state index is 0.0872. The second-order valence-electron chi connectivity index (χ2n) is 7.28. The van der Waals surface area contributed by atoms with Crippen LogP contribution >= 0.6 is 0 Å². The number of nitrogens with one attached hydrogen (secondary N) is 1. The summed E-state index contributed by atoms with van der Waals surface area (Å²) >= 11 is 0. The van der Waals surface area contributed by atoms with E-state index in [-0.39, 0.29) is 17.6 Å². The third-order valence-electron chi connectivity index (χ3n) is 5.52. The fourth-order valence-electron chi connectivity index (χ4n) is 4.35. The molecule has 2 aliphatic carbocycles. The van der Waals surface area contributed by atoms with Crippen LogP contribution in [-0.4, -0.2) is 30.4 Å². The van der Waals surface area contributed by atoms with Crippen molar-refractivity contribution in [2.75, 3.05) is 25.0 Å². The molecule has 1 aromatic carbocycles. The average molecular weight is 302 g/mol. The number of nitrogens with zero attached hydrogens (tertiary/aromatic N) is 1. The SMILES string of the molecule is O=C(Nc1cccc(F)c1)C1[C@H]2CC[C@H]1CN(CC1CC1)C2. The molecule has 1 heterocycles. The second-order valence-corrected chi connectivity index (χ2v) is 7.28. The van der Waals surface area contributed by atoms with Gasteiger partial charge in [0.15, 0.2) is 0 Å². The van der Waals surface area contributed by atoms with Gasteiger partial charge in [-0.3, -0.25) is 4.79 Å². The zero-order valence-corrected chi connectivity index (χ0v) is 12.8. The number of carbonyl (C=O) groups is 1. The molecule has 0 spiro atoms. The molecule has 4 heteroatoms.